The second-order valence-corrected chi connectivity index (χ2v) is 4.57. The Labute approximate surface area is 84.3 Å². The molecular weight excluding hydrogens is 174 g/mol. The number of H-pyrrole nitrogens is 1. The molecule has 0 amide bonds. The Morgan fingerprint density at radius 2 is 2.43 bits per heavy atom. The quantitative estimate of drug-likeness (QED) is 0.753. The highest BCUT2D eigenvalue weighted by Crippen LogP contribution is 2.46. The van der Waals surface area contributed by atoms with Gasteiger partial charge in [0.1, 0.15) is 0 Å². The Morgan fingerprint density at radius 1 is 1.50 bits per heavy atom. The van der Waals surface area contributed by atoms with Crippen molar-refractivity contribution < 1.29 is 0 Å². The predicted octanol–water partition coefficient (Wildman–Crippen LogP) is 2.28. The molecule has 2 aliphatic rings. The van der Waals surface area contributed by atoms with E-state index in [9.17, 15) is 0 Å². The van der Waals surface area contributed by atoms with Crippen LogP contribution < -0.4 is 5.32 Å². The molecule has 0 radical (unpaired) electrons. The molecule has 2 aliphatic carbocycles. The molecule has 1 aromatic rings. The van der Waals surface area contributed by atoms with Crippen molar-refractivity contribution >= 4 is 5.82 Å². The minimum absolute atomic E-state index is 0.781. The summed E-state index contributed by atoms with van der Waals surface area (Å²) < 4.78 is 0. The SMILES string of the molecule is CCNc1n[nH]c2c1CC1CCC2C1. The van der Waals surface area contributed by atoms with Crippen LogP contribution >= 0.6 is 0 Å². The zero-order valence-corrected chi connectivity index (χ0v) is 8.64. The zero-order valence-electron chi connectivity index (χ0n) is 8.64. The van der Waals surface area contributed by atoms with Crippen LogP contribution in [0.1, 0.15) is 43.4 Å². The van der Waals surface area contributed by atoms with E-state index < -0.39 is 0 Å². The molecule has 1 saturated carbocycles. The molecule has 2 bridgehead atoms. The molecule has 1 fully saturated rings. The summed E-state index contributed by atoms with van der Waals surface area (Å²) in [4.78, 5) is 0. The Bertz CT molecular complexity index is 342. The summed E-state index contributed by atoms with van der Waals surface area (Å²) in [6, 6.07) is 0. The minimum atomic E-state index is 0.781. The van der Waals surface area contributed by atoms with Crippen molar-refractivity contribution in [2.75, 3.05) is 11.9 Å². The molecule has 1 heterocycles. The zero-order chi connectivity index (χ0) is 9.54. The van der Waals surface area contributed by atoms with E-state index in [0.29, 0.717) is 0 Å². The number of rotatable bonds is 2. The number of hydrogen-bond donors (Lipinski definition) is 2. The van der Waals surface area contributed by atoms with Gasteiger partial charge in [0.15, 0.2) is 5.82 Å². The number of hydrogen-bond acceptors (Lipinski definition) is 2. The smallest absolute Gasteiger partial charge is 0.151 e. The Morgan fingerprint density at radius 3 is 3.29 bits per heavy atom. The lowest BCUT2D eigenvalue weighted by atomic mass is 9.87. The fourth-order valence-corrected chi connectivity index (χ4v) is 3.05. The molecule has 3 heteroatoms. The molecule has 3 nitrogen and oxygen atoms in total. The van der Waals surface area contributed by atoms with Gasteiger partial charge in [-0.25, -0.2) is 0 Å². The standard InChI is InChI=1S/C11H17N3/c1-2-12-11-9-6-7-3-4-8(5-7)10(9)13-14-11/h7-8H,2-6H2,1H3,(H2,12,13,14). The number of aromatic amines is 1. The Hall–Kier alpha value is -0.990. The average Bonchev–Trinajstić information content (AvgIpc) is 2.75. The van der Waals surface area contributed by atoms with Crippen LogP contribution in [0.4, 0.5) is 5.82 Å². The third kappa shape index (κ3) is 1.08. The highest BCUT2D eigenvalue weighted by molar-refractivity contribution is 5.49. The number of nitrogens with zero attached hydrogens (tertiary/aromatic N) is 1. The normalized spacial score (nSPS) is 28.9. The largest absolute Gasteiger partial charge is 0.369 e. The summed E-state index contributed by atoms with van der Waals surface area (Å²) in [5.74, 6) is 2.82. The van der Waals surface area contributed by atoms with Crippen molar-refractivity contribution in [3.63, 3.8) is 0 Å². The van der Waals surface area contributed by atoms with Gasteiger partial charge in [0.25, 0.3) is 0 Å². The van der Waals surface area contributed by atoms with Gasteiger partial charge in [0.2, 0.25) is 0 Å². The summed E-state index contributed by atoms with van der Waals surface area (Å²) in [6.45, 7) is 3.09. The maximum Gasteiger partial charge on any atom is 0.151 e. The van der Waals surface area contributed by atoms with Crippen LogP contribution in [-0.4, -0.2) is 16.7 Å². The maximum absolute atomic E-state index is 4.37. The second-order valence-electron chi connectivity index (χ2n) is 4.57. The third-order valence-corrected chi connectivity index (χ3v) is 3.69. The van der Waals surface area contributed by atoms with Crippen molar-refractivity contribution in [2.45, 2.75) is 38.5 Å². The van der Waals surface area contributed by atoms with Gasteiger partial charge in [-0.2, -0.15) is 5.10 Å². The van der Waals surface area contributed by atoms with Crippen molar-refractivity contribution in [1.29, 1.82) is 0 Å². The van der Waals surface area contributed by atoms with Gasteiger partial charge < -0.3 is 5.32 Å². The molecule has 2 atom stereocenters. The number of nitrogens with one attached hydrogen (secondary N) is 2. The van der Waals surface area contributed by atoms with Crippen molar-refractivity contribution in [3.8, 4) is 0 Å². The van der Waals surface area contributed by atoms with Crippen LogP contribution in [0.2, 0.25) is 0 Å². The number of aromatic nitrogens is 2. The van der Waals surface area contributed by atoms with Gasteiger partial charge in [0, 0.05) is 23.7 Å². The van der Waals surface area contributed by atoms with E-state index in [-0.39, 0.29) is 0 Å². The van der Waals surface area contributed by atoms with Gasteiger partial charge in [0.05, 0.1) is 0 Å². The first-order valence-electron chi connectivity index (χ1n) is 5.69. The van der Waals surface area contributed by atoms with Crippen molar-refractivity contribution in [1.82, 2.24) is 10.2 Å². The third-order valence-electron chi connectivity index (χ3n) is 3.69. The molecule has 0 saturated heterocycles. The predicted molar refractivity (Wildman–Crippen MR) is 56.5 cm³/mol. The lowest BCUT2D eigenvalue weighted by Gasteiger charge is -2.19. The monoisotopic (exact) mass is 191 g/mol. The molecule has 76 valence electrons. The highest BCUT2D eigenvalue weighted by Gasteiger charge is 2.35. The van der Waals surface area contributed by atoms with E-state index >= 15 is 0 Å². The minimum Gasteiger partial charge on any atom is -0.369 e. The van der Waals surface area contributed by atoms with E-state index in [4.69, 9.17) is 0 Å². The van der Waals surface area contributed by atoms with Gasteiger partial charge in [-0.05, 0) is 38.5 Å². The van der Waals surface area contributed by atoms with Gasteiger partial charge in [-0.1, -0.05) is 0 Å². The summed E-state index contributed by atoms with van der Waals surface area (Å²) >= 11 is 0. The number of fused-ring (bicyclic) bond motifs is 4. The summed E-state index contributed by atoms with van der Waals surface area (Å²) in [5, 5.41) is 10.9. The Balaban J connectivity index is 1.98. The first-order chi connectivity index (χ1) is 6.88. The van der Waals surface area contributed by atoms with Crippen molar-refractivity contribution in [3.05, 3.63) is 11.3 Å². The molecule has 0 aliphatic heterocycles. The summed E-state index contributed by atoms with van der Waals surface area (Å²) in [6.07, 6.45) is 5.41. The molecule has 3 rings (SSSR count). The van der Waals surface area contributed by atoms with Gasteiger partial charge in [-0.15, -0.1) is 0 Å². The van der Waals surface area contributed by atoms with E-state index in [1.807, 2.05) is 0 Å². The van der Waals surface area contributed by atoms with Gasteiger partial charge >= 0.3 is 0 Å². The lowest BCUT2D eigenvalue weighted by molar-refractivity contribution is 0.507. The van der Waals surface area contributed by atoms with E-state index in [0.717, 1.165) is 24.2 Å². The van der Waals surface area contributed by atoms with Crippen LogP contribution in [0, 0.1) is 5.92 Å². The second kappa shape index (κ2) is 3.01. The molecule has 1 aromatic heterocycles. The highest BCUT2D eigenvalue weighted by atomic mass is 15.2. The number of anilines is 1. The van der Waals surface area contributed by atoms with E-state index in [1.165, 1.54) is 36.9 Å². The van der Waals surface area contributed by atoms with Crippen LogP contribution in [-0.2, 0) is 6.42 Å². The van der Waals surface area contributed by atoms with Gasteiger partial charge in [-0.3, -0.25) is 5.10 Å². The lowest BCUT2D eigenvalue weighted by Crippen LogP contribution is -2.11. The molecule has 0 spiro atoms. The van der Waals surface area contributed by atoms with Crippen LogP contribution in [0.25, 0.3) is 0 Å². The molecule has 0 aromatic carbocycles. The summed E-state index contributed by atoms with van der Waals surface area (Å²) in [7, 11) is 0. The fraction of sp³-hybridized carbons (Fsp3) is 0.727. The van der Waals surface area contributed by atoms with Crippen LogP contribution in [0.15, 0.2) is 0 Å². The van der Waals surface area contributed by atoms with Crippen LogP contribution in [0.3, 0.4) is 0 Å². The molecule has 2 N–H and O–H groups in total. The van der Waals surface area contributed by atoms with Crippen molar-refractivity contribution in [2.24, 2.45) is 5.92 Å². The van der Waals surface area contributed by atoms with E-state index in [1.54, 1.807) is 0 Å². The summed E-state index contributed by atoms with van der Waals surface area (Å²) in [5.41, 5.74) is 2.90. The molecular formula is C11H17N3. The Kier molecular flexibility index (Phi) is 1.79. The first kappa shape index (κ1) is 8.33. The van der Waals surface area contributed by atoms with E-state index in [2.05, 4.69) is 22.4 Å². The fourth-order valence-electron chi connectivity index (χ4n) is 3.05. The molecule has 2 unspecified atom stereocenters. The first-order valence-corrected chi connectivity index (χ1v) is 5.69. The maximum atomic E-state index is 4.37. The average molecular weight is 191 g/mol. The van der Waals surface area contributed by atoms with Crippen LogP contribution in [0.5, 0.6) is 0 Å². The topological polar surface area (TPSA) is 40.7 Å². The molecule has 14 heavy (non-hydrogen) atoms.